The fraction of sp³-hybridized carbons (Fsp3) is 0.231. The van der Waals surface area contributed by atoms with E-state index < -0.39 is 0 Å². The van der Waals surface area contributed by atoms with Crippen molar-refractivity contribution < 1.29 is 4.79 Å². The minimum atomic E-state index is -0.217. The summed E-state index contributed by atoms with van der Waals surface area (Å²) in [7, 11) is 1.85. The molecule has 2 aromatic rings. The number of anilines is 1. The lowest BCUT2D eigenvalue weighted by molar-refractivity contribution is 0.251. The third-order valence-electron chi connectivity index (χ3n) is 2.57. The van der Waals surface area contributed by atoms with Gasteiger partial charge in [-0.1, -0.05) is 12.1 Å². The number of rotatable bonds is 4. The van der Waals surface area contributed by atoms with Crippen molar-refractivity contribution in [3.05, 3.63) is 42.2 Å². The van der Waals surface area contributed by atoms with E-state index in [1.807, 2.05) is 43.8 Å². The molecule has 2 amide bonds. The van der Waals surface area contributed by atoms with E-state index in [0.29, 0.717) is 6.54 Å². The van der Waals surface area contributed by atoms with Gasteiger partial charge in [0.25, 0.3) is 0 Å². The molecule has 0 unspecified atom stereocenters. The second kappa shape index (κ2) is 6.29. The Balaban J connectivity index is 1.90. The van der Waals surface area contributed by atoms with Crippen molar-refractivity contribution in [3.8, 4) is 0 Å². The lowest BCUT2D eigenvalue weighted by Crippen LogP contribution is -2.28. The zero-order chi connectivity index (χ0) is 13.7. The molecule has 1 heterocycles. The average molecular weight is 276 g/mol. The number of urea groups is 1. The van der Waals surface area contributed by atoms with Gasteiger partial charge in [-0.15, -0.1) is 11.8 Å². The summed E-state index contributed by atoms with van der Waals surface area (Å²) in [6.07, 6.45) is 5.58. The number of carbonyl (C=O) groups is 1. The highest BCUT2D eigenvalue weighted by molar-refractivity contribution is 7.98. The Kier molecular flexibility index (Phi) is 4.46. The lowest BCUT2D eigenvalue weighted by atomic mass is 10.3. The van der Waals surface area contributed by atoms with Crippen LogP contribution in [0.5, 0.6) is 0 Å². The Morgan fingerprint density at radius 2 is 2.21 bits per heavy atom. The van der Waals surface area contributed by atoms with Gasteiger partial charge in [0.1, 0.15) is 0 Å². The molecule has 0 aliphatic rings. The van der Waals surface area contributed by atoms with Crippen LogP contribution in [0.1, 0.15) is 5.56 Å². The van der Waals surface area contributed by atoms with Gasteiger partial charge in [-0.05, 0) is 18.4 Å². The number of nitrogens with zero attached hydrogens (tertiary/aromatic N) is 2. The Bertz CT molecular complexity index is 567. The number of para-hydroxylation sites is 1. The van der Waals surface area contributed by atoms with E-state index in [0.717, 1.165) is 16.1 Å². The summed E-state index contributed by atoms with van der Waals surface area (Å²) in [6.45, 7) is 0.459. The van der Waals surface area contributed by atoms with Crippen molar-refractivity contribution in [2.45, 2.75) is 11.4 Å². The van der Waals surface area contributed by atoms with E-state index in [-0.39, 0.29) is 6.03 Å². The van der Waals surface area contributed by atoms with Crippen molar-refractivity contribution in [1.82, 2.24) is 15.1 Å². The monoisotopic (exact) mass is 276 g/mol. The number of aromatic nitrogens is 2. The van der Waals surface area contributed by atoms with Crippen molar-refractivity contribution in [3.63, 3.8) is 0 Å². The second-order valence-corrected chi connectivity index (χ2v) is 4.88. The Morgan fingerprint density at radius 1 is 1.42 bits per heavy atom. The van der Waals surface area contributed by atoms with Gasteiger partial charge >= 0.3 is 6.03 Å². The van der Waals surface area contributed by atoms with Crippen LogP contribution < -0.4 is 10.6 Å². The third-order valence-corrected chi connectivity index (χ3v) is 3.36. The first-order valence-electron chi connectivity index (χ1n) is 5.84. The number of hydrogen-bond acceptors (Lipinski definition) is 3. The standard InChI is InChI=1S/C13H16N4OS/c1-17-9-10(8-15-17)7-14-13(18)16-11-5-3-4-6-12(11)19-2/h3-6,8-9H,7H2,1-2H3,(H2,14,16,18). The molecule has 1 aromatic heterocycles. The van der Waals surface area contributed by atoms with Crippen LogP contribution in [0.4, 0.5) is 10.5 Å². The molecule has 0 spiro atoms. The van der Waals surface area contributed by atoms with Crippen molar-refractivity contribution in [2.24, 2.45) is 7.05 Å². The molecule has 0 saturated carbocycles. The predicted octanol–water partition coefficient (Wildman–Crippen LogP) is 2.46. The van der Waals surface area contributed by atoms with E-state index in [1.54, 1.807) is 22.6 Å². The molecule has 0 saturated heterocycles. The molecule has 1 aromatic carbocycles. The number of hydrogen-bond donors (Lipinski definition) is 2. The fourth-order valence-electron chi connectivity index (χ4n) is 1.66. The van der Waals surface area contributed by atoms with Crippen LogP contribution in [-0.2, 0) is 13.6 Å². The SMILES string of the molecule is CSc1ccccc1NC(=O)NCc1cnn(C)c1. The first kappa shape index (κ1) is 13.5. The highest BCUT2D eigenvalue weighted by Crippen LogP contribution is 2.24. The van der Waals surface area contributed by atoms with Crippen molar-refractivity contribution >= 4 is 23.5 Å². The number of aryl methyl sites for hydroxylation is 1. The van der Waals surface area contributed by atoms with Crippen LogP contribution in [0.15, 0.2) is 41.6 Å². The molecule has 2 rings (SSSR count). The zero-order valence-corrected chi connectivity index (χ0v) is 11.7. The number of thioether (sulfide) groups is 1. The number of benzene rings is 1. The van der Waals surface area contributed by atoms with Gasteiger partial charge in [0, 0.05) is 30.2 Å². The van der Waals surface area contributed by atoms with Gasteiger partial charge in [0.05, 0.1) is 11.9 Å². The molecular weight excluding hydrogens is 260 g/mol. The van der Waals surface area contributed by atoms with Crippen molar-refractivity contribution in [2.75, 3.05) is 11.6 Å². The minimum Gasteiger partial charge on any atom is -0.334 e. The molecule has 0 aliphatic heterocycles. The minimum absolute atomic E-state index is 0.217. The summed E-state index contributed by atoms with van der Waals surface area (Å²) in [6, 6.07) is 7.49. The quantitative estimate of drug-likeness (QED) is 0.843. The summed E-state index contributed by atoms with van der Waals surface area (Å²) in [5.41, 5.74) is 1.79. The van der Waals surface area contributed by atoms with E-state index in [9.17, 15) is 4.79 Å². The van der Waals surface area contributed by atoms with Crippen LogP contribution in [0.3, 0.4) is 0 Å². The predicted molar refractivity (Wildman–Crippen MR) is 77.3 cm³/mol. The van der Waals surface area contributed by atoms with Gasteiger partial charge in [-0.3, -0.25) is 4.68 Å². The number of carbonyl (C=O) groups excluding carboxylic acids is 1. The molecule has 2 N–H and O–H groups in total. The van der Waals surface area contributed by atoms with Crippen LogP contribution >= 0.6 is 11.8 Å². The van der Waals surface area contributed by atoms with Crippen LogP contribution in [-0.4, -0.2) is 22.1 Å². The summed E-state index contributed by atoms with van der Waals surface area (Å²) in [5.74, 6) is 0. The normalized spacial score (nSPS) is 10.2. The van der Waals surface area contributed by atoms with E-state index in [4.69, 9.17) is 0 Å². The Morgan fingerprint density at radius 3 is 2.89 bits per heavy atom. The van der Waals surface area contributed by atoms with E-state index in [1.165, 1.54) is 0 Å². The lowest BCUT2D eigenvalue weighted by Gasteiger charge is -2.09. The Hall–Kier alpha value is -1.95. The van der Waals surface area contributed by atoms with Gasteiger partial charge in [-0.25, -0.2) is 4.79 Å². The molecule has 19 heavy (non-hydrogen) atoms. The summed E-state index contributed by atoms with van der Waals surface area (Å²) in [4.78, 5) is 12.8. The zero-order valence-electron chi connectivity index (χ0n) is 10.9. The maximum absolute atomic E-state index is 11.8. The highest BCUT2D eigenvalue weighted by Gasteiger charge is 2.05. The second-order valence-electron chi connectivity index (χ2n) is 4.03. The Labute approximate surface area is 116 Å². The molecule has 0 bridgehead atoms. The molecular formula is C13H16N4OS. The first-order chi connectivity index (χ1) is 9.19. The maximum atomic E-state index is 11.8. The summed E-state index contributed by atoms with van der Waals surface area (Å²) < 4.78 is 1.71. The number of nitrogens with one attached hydrogen (secondary N) is 2. The molecule has 0 atom stereocenters. The first-order valence-corrected chi connectivity index (χ1v) is 7.07. The highest BCUT2D eigenvalue weighted by atomic mass is 32.2. The van der Waals surface area contributed by atoms with Crippen LogP contribution in [0.2, 0.25) is 0 Å². The van der Waals surface area contributed by atoms with Gasteiger partial charge in [0.2, 0.25) is 0 Å². The molecule has 0 fully saturated rings. The van der Waals surface area contributed by atoms with Crippen molar-refractivity contribution in [1.29, 1.82) is 0 Å². The topological polar surface area (TPSA) is 59.0 Å². The van der Waals surface area contributed by atoms with Crippen LogP contribution in [0, 0.1) is 0 Å². The maximum Gasteiger partial charge on any atom is 0.319 e. The summed E-state index contributed by atoms with van der Waals surface area (Å²) >= 11 is 1.60. The van der Waals surface area contributed by atoms with Crippen LogP contribution in [0.25, 0.3) is 0 Å². The van der Waals surface area contributed by atoms with Gasteiger partial charge in [0.15, 0.2) is 0 Å². The van der Waals surface area contributed by atoms with Gasteiger partial charge in [-0.2, -0.15) is 5.10 Å². The average Bonchev–Trinajstić information content (AvgIpc) is 2.83. The fourth-order valence-corrected chi connectivity index (χ4v) is 2.21. The van der Waals surface area contributed by atoms with Gasteiger partial charge < -0.3 is 10.6 Å². The number of amides is 2. The molecule has 0 radical (unpaired) electrons. The smallest absolute Gasteiger partial charge is 0.319 e. The third kappa shape index (κ3) is 3.75. The molecule has 6 heteroatoms. The largest absolute Gasteiger partial charge is 0.334 e. The van der Waals surface area contributed by atoms with E-state index >= 15 is 0 Å². The summed E-state index contributed by atoms with van der Waals surface area (Å²) in [5, 5.41) is 9.69. The molecule has 5 nitrogen and oxygen atoms in total. The van der Waals surface area contributed by atoms with E-state index in [2.05, 4.69) is 15.7 Å². The molecule has 0 aliphatic carbocycles. The molecule has 100 valence electrons.